The zero-order chi connectivity index (χ0) is 14.5. The van der Waals surface area contributed by atoms with Gasteiger partial charge in [-0.25, -0.2) is 0 Å². The largest absolute Gasteiger partial charge is 0.379 e. The van der Waals surface area contributed by atoms with E-state index in [4.69, 9.17) is 10.5 Å². The molecular weight excluding hydrogens is 258 g/mol. The molecule has 6 heteroatoms. The number of carbonyl (C=O) groups is 2. The molecular formula is C14H25N3O3. The van der Waals surface area contributed by atoms with Crippen LogP contribution in [0.5, 0.6) is 0 Å². The van der Waals surface area contributed by atoms with Crippen molar-refractivity contribution in [1.82, 2.24) is 10.6 Å². The van der Waals surface area contributed by atoms with E-state index in [9.17, 15) is 9.59 Å². The van der Waals surface area contributed by atoms with E-state index >= 15 is 0 Å². The van der Waals surface area contributed by atoms with Gasteiger partial charge in [0.25, 0.3) is 0 Å². The Balaban J connectivity index is 1.79. The topological polar surface area (TPSA) is 93.4 Å². The van der Waals surface area contributed by atoms with Gasteiger partial charge in [-0.05, 0) is 32.2 Å². The maximum absolute atomic E-state index is 12.3. The highest BCUT2D eigenvalue weighted by Crippen LogP contribution is 2.24. The summed E-state index contributed by atoms with van der Waals surface area (Å²) in [4.78, 5) is 23.4. The molecule has 2 aliphatic rings. The molecule has 1 saturated carbocycles. The van der Waals surface area contributed by atoms with E-state index < -0.39 is 0 Å². The SMILES string of the molecule is CCNC1COCC1C(=O)NC1CCC(C(N)=O)CC1. The van der Waals surface area contributed by atoms with Crippen LogP contribution in [0.15, 0.2) is 0 Å². The number of likely N-dealkylation sites (N-methyl/N-ethyl adjacent to an activating group) is 1. The van der Waals surface area contributed by atoms with E-state index in [1.165, 1.54) is 0 Å². The van der Waals surface area contributed by atoms with Crippen LogP contribution in [0.25, 0.3) is 0 Å². The van der Waals surface area contributed by atoms with E-state index in [0.29, 0.717) is 13.2 Å². The second-order valence-electron chi connectivity index (χ2n) is 5.77. The van der Waals surface area contributed by atoms with Crippen LogP contribution in [-0.4, -0.2) is 43.7 Å². The Morgan fingerprint density at radius 3 is 2.50 bits per heavy atom. The lowest BCUT2D eigenvalue weighted by molar-refractivity contribution is -0.126. The Bertz CT molecular complexity index is 354. The first-order valence-corrected chi connectivity index (χ1v) is 7.52. The summed E-state index contributed by atoms with van der Waals surface area (Å²) >= 11 is 0. The average Bonchev–Trinajstić information content (AvgIpc) is 2.88. The highest BCUT2D eigenvalue weighted by molar-refractivity contribution is 5.80. The van der Waals surface area contributed by atoms with Crippen LogP contribution in [0.1, 0.15) is 32.6 Å². The molecule has 1 heterocycles. The molecule has 2 amide bonds. The lowest BCUT2D eigenvalue weighted by Crippen LogP contribution is -2.48. The fraction of sp³-hybridized carbons (Fsp3) is 0.857. The van der Waals surface area contributed by atoms with Crippen LogP contribution >= 0.6 is 0 Å². The monoisotopic (exact) mass is 283 g/mol. The lowest BCUT2D eigenvalue weighted by Gasteiger charge is -2.29. The molecule has 1 aliphatic carbocycles. The van der Waals surface area contributed by atoms with Crippen molar-refractivity contribution in [2.75, 3.05) is 19.8 Å². The summed E-state index contributed by atoms with van der Waals surface area (Å²) in [6.07, 6.45) is 3.22. The third-order valence-electron chi connectivity index (χ3n) is 4.36. The Hall–Kier alpha value is -1.14. The van der Waals surface area contributed by atoms with Crippen molar-refractivity contribution in [2.24, 2.45) is 17.6 Å². The molecule has 2 rings (SSSR count). The average molecular weight is 283 g/mol. The molecule has 1 aliphatic heterocycles. The molecule has 2 atom stereocenters. The van der Waals surface area contributed by atoms with E-state index in [0.717, 1.165) is 32.2 Å². The Kier molecular flexibility index (Phi) is 5.37. The molecule has 0 bridgehead atoms. The highest BCUT2D eigenvalue weighted by atomic mass is 16.5. The van der Waals surface area contributed by atoms with Gasteiger partial charge in [-0.15, -0.1) is 0 Å². The molecule has 0 radical (unpaired) electrons. The predicted molar refractivity (Wildman–Crippen MR) is 74.9 cm³/mol. The fourth-order valence-corrected chi connectivity index (χ4v) is 3.11. The van der Waals surface area contributed by atoms with Crippen molar-refractivity contribution in [2.45, 2.75) is 44.7 Å². The molecule has 114 valence electrons. The summed E-state index contributed by atoms with van der Waals surface area (Å²) in [7, 11) is 0. The molecule has 1 saturated heterocycles. The number of primary amides is 1. The summed E-state index contributed by atoms with van der Waals surface area (Å²) in [6, 6.07) is 0.280. The smallest absolute Gasteiger partial charge is 0.227 e. The molecule has 4 N–H and O–H groups in total. The first-order chi connectivity index (χ1) is 9.61. The van der Waals surface area contributed by atoms with Crippen LogP contribution < -0.4 is 16.4 Å². The number of amides is 2. The quantitative estimate of drug-likeness (QED) is 0.650. The molecule has 0 aromatic carbocycles. The predicted octanol–water partition coefficient (Wildman–Crippen LogP) is -0.229. The van der Waals surface area contributed by atoms with Crippen LogP contribution in [-0.2, 0) is 14.3 Å². The van der Waals surface area contributed by atoms with Gasteiger partial charge in [-0.2, -0.15) is 0 Å². The zero-order valence-corrected chi connectivity index (χ0v) is 12.1. The maximum atomic E-state index is 12.3. The minimum atomic E-state index is -0.217. The second-order valence-corrected chi connectivity index (χ2v) is 5.77. The third-order valence-corrected chi connectivity index (χ3v) is 4.36. The van der Waals surface area contributed by atoms with Crippen LogP contribution in [0.4, 0.5) is 0 Å². The molecule has 6 nitrogen and oxygen atoms in total. The van der Waals surface area contributed by atoms with Gasteiger partial charge in [0.15, 0.2) is 0 Å². The Morgan fingerprint density at radius 2 is 1.90 bits per heavy atom. The first kappa shape index (κ1) is 15.3. The van der Waals surface area contributed by atoms with Crippen molar-refractivity contribution >= 4 is 11.8 Å². The van der Waals surface area contributed by atoms with E-state index in [1.807, 2.05) is 6.92 Å². The number of nitrogens with one attached hydrogen (secondary N) is 2. The van der Waals surface area contributed by atoms with Crippen LogP contribution in [0.2, 0.25) is 0 Å². The van der Waals surface area contributed by atoms with E-state index in [1.54, 1.807) is 0 Å². The fourth-order valence-electron chi connectivity index (χ4n) is 3.11. The maximum Gasteiger partial charge on any atom is 0.227 e. The van der Waals surface area contributed by atoms with Crippen molar-refractivity contribution in [1.29, 1.82) is 0 Å². The minimum absolute atomic E-state index is 0.0209. The van der Waals surface area contributed by atoms with Gasteiger partial charge in [-0.3, -0.25) is 9.59 Å². The van der Waals surface area contributed by atoms with Gasteiger partial charge in [0, 0.05) is 18.0 Å². The Labute approximate surface area is 119 Å². The van der Waals surface area contributed by atoms with Crippen molar-refractivity contribution in [3.8, 4) is 0 Å². The minimum Gasteiger partial charge on any atom is -0.379 e. The van der Waals surface area contributed by atoms with Crippen molar-refractivity contribution < 1.29 is 14.3 Å². The zero-order valence-electron chi connectivity index (χ0n) is 12.1. The summed E-state index contributed by atoms with van der Waals surface area (Å²) in [6.45, 7) is 3.94. The summed E-state index contributed by atoms with van der Waals surface area (Å²) < 4.78 is 5.40. The van der Waals surface area contributed by atoms with Gasteiger partial charge >= 0.3 is 0 Å². The van der Waals surface area contributed by atoms with Crippen LogP contribution in [0.3, 0.4) is 0 Å². The summed E-state index contributed by atoms with van der Waals surface area (Å²) in [5, 5.41) is 6.39. The molecule has 0 aromatic heterocycles. The molecule has 20 heavy (non-hydrogen) atoms. The number of carbonyl (C=O) groups excluding carboxylic acids is 2. The van der Waals surface area contributed by atoms with Gasteiger partial charge < -0.3 is 21.1 Å². The molecule has 0 spiro atoms. The van der Waals surface area contributed by atoms with Crippen molar-refractivity contribution in [3.05, 3.63) is 0 Å². The molecule has 0 aromatic rings. The number of nitrogens with two attached hydrogens (primary N) is 1. The van der Waals surface area contributed by atoms with Gasteiger partial charge in [0.05, 0.1) is 19.1 Å². The van der Waals surface area contributed by atoms with Gasteiger partial charge in [0.2, 0.25) is 11.8 Å². The van der Waals surface area contributed by atoms with Gasteiger partial charge in [0.1, 0.15) is 0 Å². The van der Waals surface area contributed by atoms with Crippen molar-refractivity contribution in [3.63, 3.8) is 0 Å². The standard InChI is InChI=1S/C14H25N3O3/c1-2-16-12-8-20-7-11(12)14(19)17-10-5-3-9(4-6-10)13(15)18/h9-12,16H,2-8H2,1H3,(H2,15,18)(H,17,19). The normalized spacial score (nSPS) is 33.9. The number of ether oxygens (including phenoxy) is 1. The number of rotatable bonds is 5. The lowest BCUT2D eigenvalue weighted by atomic mass is 9.85. The number of hydrogen-bond acceptors (Lipinski definition) is 4. The van der Waals surface area contributed by atoms with Crippen LogP contribution in [0, 0.1) is 11.8 Å². The molecule has 2 fully saturated rings. The van der Waals surface area contributed by atoms with Gasteiger partial charge in [-0.1, -0.05) is 6.92 Å². The summed E-state index contributed by atoms with van der Waals surface area (Å²) in [5.74, 6) is -0.279. The number of hydrogen-bond donors (Lipinski definition) is 3. The molecule has 2 unspecified atom stereocenters. The third kappa shape index (κ3) is 3.70. The first-order valence-electron chi connectivity index (χ1n) is 7.52. The van der Waals surface area contributed by atoms with E-state index in [2.05, 4.69) is 10.6 Å². The Morgan fingerprint density at radius 1 is 1.20 bits per heavy atom. The second kappa shape index (κ2) is 7.04. The summed E-state index contributed by atoms with van der Waals surface area (Å²) in [5.41, 5.74) is 5.31. The highest BCUT2D eigenvalue weighted by Gasteiger charge is 2.35. The van der Waals surface area contributed by atoms with E-state index in [-0.39, 0.29) is 35.7 Å².